The van der Waals surface area contributed by atoms with Crippen molar-refractivity contribution < 1.29 is 22.7 Å². The summed E-state index contributed by atoms with van der Waals surface area (Å²) in [6, 6.07) is 0. The number of rotatable bonds is 3. The van der Waals surface area contributed by atoms with Crippen molar-refractivity contribution in [2.45, 2.75) is 20.0 Å². The van der Waals surface area contributed by atoms with E-state index in [4.69, 9.17) is 0 Å². The summed E-state index contributed by atoms with van der Waals surface area (Å²) >= 11 is 0. The summed E-state index contributed by atoms with van der Waals surface area (Å²) in [6.45, 7) is 3.24. The molecule has 0 aromatic rings. The third-order valence-corrected chi connectivity index (χ3v) is 3.31. The molecule has 9 heteroatoms. The lowest BCUT2D eigenvalue weighted by Crippen LogP contribution is -2.54. The maximum absolute atomic E-state index is 11.7. The van der Waals surface area contributed by atoms with Gasteiger partial charge in [-0.15, -0.1) is 0 Å². The molecule has 0 aromatic heterocycles. The first-order chi connectivity index (χ1) is 7.81. The third-order valence-electron chi connectivity index (χ3n) is 1.90. The van der Waals surface area contributed by atoms with Gasteiger partial charge in [-0.05, 0) is 13.8 Å². The van der Waals surface area contributed by atoms with E-state index in [2.05, 4.69) is 10.1 Å². The Labute approximate surface area is 99.5 Å². The Bertz CT molecular complexity index is 405. The lowest BCUT2D eigenvalue weighted by Gasteiger charge is -2.25. The van der Waals surface area contributed by atoms with Crippen LogP contribution < -0.4 is 10.0 Å². The van der Waals surface area contributed by atoms with Crippen LogP contribution in [0.4, 0.5) is 4.79 Å². The molecule has 2 amide bonds. The topological polar surface area (TPSA) is 105 Å². The van der Waals surface area contributed by atoms with Gasteiger partial charge in [0.05, 0.1) is 12.6 Å². The summed E-state index contributed by atoms with van der Waals surface area (Å²) in [5.41, 5.74) is 0. The Hall–Kier alpha value is -1.35. The van der Waals surface area contributed by atoms with Gasteiger partial charge in [0.2, 0.25) is 5.91 Å². The third kappa shape index (κ3) is 4.19. The zero-order valence-electron chi connectivity index (χ0n) is 9.60. The number of carbonyl (C=O) groups is 2. The number of carbonyl (C=O) groups excluding carboxylic acids is 2. The normalized spacial score (nSPS) is 17.7. The minimum Gasteiger partial charge on any atom is -0.446 e. The van der Waals surface area contributed by atoms with E-state index < -0.39 is 28.3 Å². The van der Waals surface area contributed by atoms with Crippen molar-refractivity contribution in [2.75, 3.05) is 19.6 Å². The Kier molecular flexibility index (Phi) is 4.29. The maximum Gasteiger partial charge on any atom is 0.422 e. The minimum absolute atomic E-state index is 0.121. The average molecular weight is 265 g/mol. The van der Waals surface area contributed by atoms with Gasteiger partial charge in [0, 0.05) is 13.1 Å². The molecule has 0 atom stereocenters. The Morgan fingerprint density at radius 1 is 1.53 bits per heavy atom. The highest BCUT2D eigenvalue weighted by Gasteiger charge is 2.29. The number of ether oxygens (including phenoxy) is 1. The van der Waals surface area contributed by atoms with Gasteiger partial charge >= 0.3 is 16.3 Å². The van der Waals surface area contributed by atoms with E-state index >= 15 is 0 Å². The van der Waals surface area contributed by atoms with Crippen molar-refractivity contribution >= 4 is 22.2 Å². The van der Waals surface area contributed by atoms with Gasteiger partial charge in [0.15, 0.2) is 0 Å². The Morgan fingerprint density at radius 2 is 2.18 bits per heavy atom. The summed E-state index contributed by atoms with van der Waals surface area (Å²) in [5, 5.41) is 2.48. The molecule has 17 heavy (non-hydrogen) atoms. The molecule has 0 aromatic carbocycles. The van der Waals surface area contributed by atoms with Crippen LogP contribution in [0.1, 0.15) is 13.8 Å². The molecule has 0 bridgehead atoms. The van der Waals surface area contributed by atoms with Crippen LogP contribution in [0.15, 0.2) is 0 Å². The van der Waals surface area contributed by atoms with Gasteiger partial charge in [0.1, 0.15) is 0 Å². The molecular weight excluding hydrogens is 250 g/mol. The number of hydrogen-bond acceptors (Lipinski definition) is 5. The van der Waals surface area contributed by atoms with E-state index in [0.717, 1.165) is 4.31 Å². The van der Waals surface area contributed by atoms with Gasteiger partial charge < -0.3 is 10.1 Å². The molecule has 0 spiro atoms. The van der Waals surface area contributed by atoms with Crippen LogP contribution in [0, 0.1) is 0 Å². The van der Waals surface area contributed by atoms with Crippen LogP contribution >= 0.6 is 0 Å². The molecule has 8 nitrogen and oxygen atoms in total. The lowest BCUT2D eigenvalue weighted by molar-refractivity contribution is -0.122. The highest BCUT2D eigenvalue weighted by atomic mass is 32.2. The maximum atomic E-state index is 11.7. The fourth-order valence-electron chi connectivity index (χ4n) is 1.23. The van der Waals surface area contributed by atoms with Crippen LogP contribution in [-0.4, -0.2) is 50.5 Å². The minimum atomic E-state index is -4.01. The Morgan fingerprint density at radius 3 is 2.71 bits per heavy atom. The molecule has 1 rings (SSSR count). The van der Waals surface area contributed by atoms with Crippen molar-refractivity contribution in [3.8, 4) is 0 Å². The SMILES string of the molecule is CC(C)OC(=O)NS(=O)(=O)N1CCNC(=O)C1. The smallest absolute Gasteiger partial charge is 0.422 e. The summed E-state index contributed by atoms with van der Waals surface area (Å²) in [7, 11) is -4.01. The summed E-state index contributed by atoms with van der Waals surface area (Å²) in [5.74, 6) is -0.404. The van der Waals surface area contributed by atoms with E-state index in [1.807, 2.05) is 0 Å². The van der Waals surface area contributed by atoms with Gasteiger partial charge in [-0.1, -0.05) is 0 Å². The van der Waals surface area contributed by atoms with Gasteiger partial charge in [0.25, 0.3) is 0 Å². The summed E-state index contributed by atoms with van der Waals surface area (Å²) < 4.78 is 30.6. The number of amides is 2. The average Bonchev–Trinajstić information content (AvgIpc) is 2.15. The van der Waals surface area contributed by atoms with Crippen molar-refractivity contribution in [3.63, 3.8) is 0 Å². The van der Waals surface area contributed by atoms with Crippen molar-refractivity contribution in [1.82, 2.24) is 14.3 Å². The molecule has 0 radical (unpaired) electrons. The standard InChI is InChI=1S/C8H15N3O5S/c1-6(2)16-8(13)10-17(14,15)11-4-3-9-7(12)5-11/h6H,3-5H2,1-2H3,(H,9,12)(H,10,13). The molecule has 1 aliphatic heterocycles. The predicted molar refractivity (Wildman–Crippen MR) is 58.3 cm³/mol. The fourth-order valence-corrected chi connectivity index (χ4v) is 2.23. The predicted octanol–water partition coefficient (Wildman–Crippen LogP) is -1.20. The van der Waals surface area contributed by atoms with Gasteiger partial charge in [-0.3, -0.25) is 4.79 Å². The zero-order valence-corrected chi connectivity index (χ0v) is 10.4. The molecule has 0 saturated carbocycles. The summed E-state index contributed by atoms with van der Waals surface area (Å²) in [4.78, 5) is 22.2. The second-order valence-corrected chi connectivity index (χ2v) is 5.42. The second kappa shape index (κ2) is 5.32. The molecule has 2 N–H and O–H groups in total. The summed E-state index contributed by atoms with van der Waals surface area (Å²) in [6.07, 6.45) is -1.47. The van der Waals surface area contributed by atoms with Crippen molar-refractivity contribution in [2.24, 2.45) is 0 Å². The fraction of sp³-hybridized carbons (Fsp3) is 0.750. The lowest BCUT2D eigenvalue weighted by atomic mass is 10.4. The van der Waals surface area contributed by atoms with E-state index in [1.54, 1.807) is 18.6 Å². The monoisotopic (exact) mass is 265 g/mol. The first kappa shape index (κ1) is 13.7. The van der Waals surface area contributed by atoms with E-state index in [1.165, 1.54) is 0 Å². The number of piperazine rings is 1. The molecule has 0 unspecified atom stereocenters. The van der Waals surface area contributed by atoms with Crippen LogP contribution in [0.2, 0.25) is 0 Å². The first-order valence-electron chi connectivity index (χ1n) is 5.06. The molecule has 1 saturated heterocycles. The van der Waals surface area contributed by atoms with E-state index in [-0.39, 0.29) is 19.6 Å². The molecule has 0 aliphatic carbocycles. The zero-order chi connectivity index (χ0) is 13.1. The van der Waals surface area contributed by atoms with Crippen LogP contribution in [0.3, 0.4) is 0 Å². The first-order valence-corrected chi connectivity index (χ1v) is 6.50. The highest BCUT2D eigenvalue weighted by Crippen LogP contribution is 2.01. The molecule has 1 aliphatic rings. The quantitative estimate of drug-likeness (QED) is 0.666. The molecule has 1 heterocycles. The van der Waals surface area contributed by atoms with Crippen molar-refractivity contribution in [1.29, 1.82) is 0 Å². The van der Waals surface area contributed by atoms with Gasteiger partial charge in [-0.2, -0.15) is 12.7 Å². The molecule has 98 valence electrons. The van der Waals surface area contributed by atoms with E-state index in [0.29, 0.717) is 0 Å². The Balaban J connectivity index is 2.61. The largest absolute Gasteiger partial charge is 0.446 e. The van der Waals surface area contributed by atoms with Crippen molar-refractivity contribution in [3.05, 3.63) is 0 Å². The van der Waals surface area contributed by atoms with Gasteiger partial charge in [-0.25, -0.2) is 9.52 Å². The van der Waals surface area contributed by atoms with E-state index in [9.17, 15) is 18.0 Å². The van der Waals surface area contributed by atoms with Crippen LogP contribution in [-0.2, 0) is 19.7 Å². The van der Waals surface area contributed by atoms with Crippen LogP contribution in [0.5, 0.6) is 0 Å². The second-order valence-electron chi connectivity index (χ2n) is 3.74. The molecule has 1 fully saturated rings. The number of nitrogens with one attached hydrogen (secondary N) is 2. The van der Waals surface area contributed by atoms with Crippen LogP contribution in [0.25, 0.3) is 0 Å². The molecular formula is C8H15N3O5S. The number of nitrogens with zero attached hydrogens (tertiary/aromatic N) is 1. The number of hydrogen-bond donors (Lipinski definition) is 2. The highest BCUT2D eigenvalue weighted by molar-refractivity contribution is 7.87.